The van der Waals surface area contributed by atoms with Crippen molar-refractivity contribution in [1.82, 2.24) is 0 Å². The largest absolute Gasteiger partial charge is 0.453 e. The highest BCUT2D eigenvalue weighted by molar-refractivity contribution is 9.10. The van der Waals surface area contributed by atoms with Gasteiger partial charge in [0.15, 0.2) is 12.0 Å². The van der Waals surface area contributed by atoms with E-state index in [2.05, 4.69) is 15.9 Å². The maximum absolute atomic E-state index is 13.2. The molecule has 0 aliphatic rings. The maximum Gasteiger partial charge on any atom is 0.185 e. The standard InChI is InChI=1S/C11H5BrClFO2/c12-9-4-6(14)3-8(11(9)13)10-2-1-7(5-15)16-10/h1-5H. The third-order valence-electron chi connectivity index (χ3n) is 2.00. The van der Waals surface area contributed by atoms with Crippen molar-refractivity contribution >= 4 is 33.8 Å². The Balaban J connectivity index is 2.58. The van der Waals surface area contributed by atoms with E-state index in [4.69, 9.17) is 16.0 Å². The third kappa shape index (κ3) is 2.03. The Hall–Kier alpha value is -1.13. The van der Waals surface area contributed by atoms with Crippen LogP contribution in [0, 0.1) is 5.82 Å². The summed E-state index contributed by atoms with van der Waals surface area (Å²) >= 11 is 9.13. The molecular formula is C11H5BrClFO2. The van der Waals surface area contributed by atoms with E-state index >= 15 is 0 Å². The third-order valence-corrected chi connectivity index (χ3v) is 3.26. The van der Waals surface area contributed by atoms with Gasteiger partial charge < -0.3 is 4.42 Å². The Labute approximate surface area is 104 Å². The highest BCUT2D eigenvalue weighted by Gasteiger charge is 2.12. The van der Waals surface area contributed by atoms with E-state index < -0.39 is 5.82 Å². The van der Waals surface area contributed by atoms with Crippen molar-refractivity contribution in [2.24, 2.45) is 0 Å². The maximum atomic E-state index is 13.2. The van der Waals surface area contributed by atoms with E-state index in [9.17, 15) is 9.18 Å². The molecule has 2 rings (SSSR count). The van der Waals surface area contributed by atoms with Crippen molar-refractivity contribution in [1.29, 1.82) is 0 Å². The average molecular weight is 304 g/mol. The second-order valence-corrected chi connectivity index (χ2v) is 4.30. The molecule has 0 radical (unpaired) electrons. The molecule has 0 saturated carbocycles. The van der Waals surface area contributed by atoms with E-state index in [0.717, 1.165) is 0 Å². The van der Waals surface area contributed by atoms with Crippen molar-refractivity contribution in [3.8, 4) is 11.3 Å². The Bertz CT molecular complexity index is 551. The van der Waals surface area contributed by atoms with Crippen LogP contribution in [-0.4, -0.2) is 6.29 Å². The van der Waals surface area contributed by atoms with Crippen LogP contribution in [0.5, 0.6) is 0 Å². The predicted octanol–water partition coefficient (Wildman–Crippen LogP) is 4.31. The van der Waals surface area contributed by atoms with Gasteiger partial charge in [-0.3, -0.25) is 4.79 Å². The van der Waals surface area contributed by atoms with Gasteiger partial charge in [-0.25, -0.2) is 4.39 Å². The highest BCUT2D eigenvalue weighted by atomic mass is 79.9. The van der Waals surface area contributed by atoms with Gasteiger partial charge in [0.2, 0.25) is 0 Å². The van der Waals surface area contributed by atoms with E-state index in [-0.39, 0.29) is 5.76 Å². The Morgan fingerprint density at radius 3 is 2.75 bits per heavy atom. The summed E-state index contributed by atoms with van der Waals surface area (Å²) in [5.41, 5.74) is 0.404. The van der Waals surface area contributed by atoms with Crippen LogP contribution in [-0.2, 0) is 0 Å². The molecule has 0 unspecified atom stereocenters. The summed E-state index contributed by atoms with van der Waals surface area (Å²) in [6.45, 7) is 0. The zero-order valence-electron chi connectivity index (χ0n) is 7.84. The van der Waals surface area contributed by atoms with Crippen LogP contribution in [0.2, 0.25) is 5.02 Å². The summed E-state index contributed by atoms with van der Waals surface area (Å²) in [4.78, 5) is 10.5. The van der Waals surface area contributed by atoms with Gasteiger partial charge in [0.25, 0.3) is 0 Å². The molecule has 82 valence electrons. The molecule has 0 atom stereocenters. The minimum atomic E-state index is -0.435. The van der Waals surface area contributed by atoms with Crippen molar-refractivity contribution in [2.45, 2.75) is 0 Å². The van der Waals surface area contributed by atoms with Crippen molar-refractivity contribution in [2.75, 3.05) is 0 Å². The lowest BCUT2D eigenvalue weighted by Gasteiger charge is -2.03. The van der Waals surface area contributed by atoms with Gasteiger partial charge in [0.05, 0.1) is 5.02 Å². The second kappa shape index (κ2) is 4.39. The van der Waals surface area contributed by atoms with Crippen LogP contribution >= 0.6 is 27.5 Å². The molecule has 0 saturated heterocycles. The first-order valence-electron chi connectivity index (χ1n) is 4.31. The molecule has 1 aromatic carbocycles. The van der Waals surface area contributed by atoms with Crippen LogP contribution < -0.4 is 0 Å². The molecule has 16 heavy (non-hydrogen) atoms. The predicted molar refractivity (Wildman–Crippen MR) is 62.2 cm³/mol. The number of aldehydes is 1. The SMILES string of the molecule is O=Cc1ccc(-c2cc(F)cc(Br)c2Cl)o1. The first kappa shape index (κ1) is 11.4. The molecule has 0 spiro atoms. The van der Waals surface area contributed by atoms with E-state index in [1.54, 1.807) is 6.07 Å². The van der Waals surface area contributed by atoms with Crippen LogP contribution in [0.25, 0.3) is 11.3 Å². The number of benzene rings is 1. The fourth-order valence-corrected chi connectivity index (χ4v) is 1.93. The number of halogens is 3. The number of carbonyl (C=O) groups is 1. The van der Waals surface area contributed by atoms with E-state index in [0.29, 0.717) is 27.1 Å². The van der Waals surface area contributed by atoms with Crippen molar-refractivity contribution < 1.29 is 13.6 Å². The monoisotopic (exact) mass is 302 g/mol. The van der Waals surface area contributed by atoms with Gasteiger partial charge in [-0.2, -0.15) is 0 Å². The lowest BCUT2D eigenvalue weighted by atomic mass is 10.2. The quantitative estimate of drug-likeness (QED) is 0.611. The van der Waals surface area contributed by atoms with Crippen LogP contribution in [0.4, 0.5) is 4.39 Å². The van der Waals surface area contributed by atoms with Gasteiger partial charge in [0, 0.05) is 10.0 Å². The molecule has 0 N–H and O–H groups in total. The molecule has 5 heteroatoms. The smallest absolute Gasteiger partial charge is 0.185 e. The number of carbonyl (C=O) groups excluding carboxylic acids is 1. The second-order valence-electron chi connectivity index (χ2n) is 3.07. The number of furan rings is 1. The van der Waals surface area contributed by atoms with Gasteiger partial charge in [-0.15, -0.1) is 0 Å². The normalized spacial score (nSPS) is 10.4. The van der Waals surface area contributed by atoms with Gasteiger partial charge >= 0.3 is 0 Å². The van der Waals surface area contributed by atoms with Crippen molar-refractivity contribution in [3.05, 3.63) is 45.3 Å². The molecule has 1 aromatic heterocycles. The van der Waals surface area contributed by atoms with E-state index in [1.807, 2.05) is 0 Å². The van der Waals surface area contributed by atoms with Crippen LogP contribution in [0.15, 0.2) is 33.2 Å². The minimum absolute atomic E-state index is 0.173. The summed E-state index contributed by atoms with van der Waals surface area (Å²) in [6, 6.07) is 5.57. The summed E-state index contributed by atoms with van der Waals surface area (Å²) < 4.78 is 18.8. The van der Waals surface area contributed by atoms with Gasteiger partial charge in [0.1, 0.15) is 11.6 Å². The van der Waals surface area contributed by atoms with Crippen LogP contribution in [0.1, 0.15) is 10.6 Å². The molecular weight excluding hydrogens is 298 g/mol. The fourth-order valence-electron chi connectivity index (χ4n) is 1.30. The summed E-state index contributed by atoms with van der Waals surface area (Å²) in [6.07, 6.45) is 0.575. The molecule has 2 nitrogen and oxygen atoms in total. The van der Waals surface area contributed by atoms with Crippen molar-refractivity contribution in [3.63, 3.8) is 0 Å². The highest BCUT2D eigenvalue weighted by Crippen LogP contribution is 2.35. The number of hydrogen-bond acceptors (Lipinski definition) is 2. The lowest BCUT2D eigenvalue weighted by Crippen LogP contribution is -1.82. The summed E-state index contributed by atoms with van der Waals surface area (Å²) in [7, 11) is 0. The molecule has 0 aliphatic heterocycles. The van der Waals surface area contributed by atoms with Crippen LogP contribution in [0.3, 0.4) is 0 Å². The fraction of sp³-hybridized carbons (Fsp3) is 0. The molecule has 0 bridgehead atoms. The molecule has 2 aromatic rings. The Kier molecular flexibility index (Phi) is 3.12. The number of hydrogen-bond donors (Lipinski definition) is 0. The first-order chi connectivity index (χ1) is 7.61. The average Bonchev–Trinajstić information content (AvgIpc) is 2.71. The van der Waals surface area contributed by atoms with Gasteiger partial charge in [-0.05, 0) is 40.2 Å². The molecule has 0 amide bonds. The number of rotatable bonds is 2. The molecule has 1 heterocycles. The summed E-state index contributed by atoms with van der Waals surface area (Å²) in [5.74, 6) is 0.0917. The topological polar surface area (TPSA) is 30.2 Å². The molecule has 0 fully saturated rings. The van der Waals surface area contributed by atoms with E-state index in [1.165, 1.54) is 18.2 Å². The Morgan fingerprint density at radius 1 is 1.38 bits per heavy atom. The zero-order valence-corrected chi connectivity index (χ0v) is 10.2. The minimum Gasteiger partial charge on any atom is -0.453 e. The zero-order chi connectivity index (χ0) is 11.7. The first-order valence-corrected chi connectivity index (χ1v) is 5.49. The molecule has 0 aliphatic carbocycles. The summed E-state index contributed by atoms with van der Waals surface area (Å²) in [5, 5.41) is 0.341. The Morgan fingerprint density at radius 2 is 2.12 bits per heavy atom. The van der Waals surface area contributed by atoms with Gasteiger partial charge in [-0.1, -0.05) is 11.6 Å². The lowest BCUT2D eigenvalue weighted by molar-refractivity contribution is 0.110.